The molecule has 4 rings (SSSR count). The van der Waals surface area contributed by atoms with Crippen LogP contribution in [0.15, 0.2) is 84.9 Å². The molecule has 0 aliphatic rings. The summed E-state index contributed by atoms with van der Waals surface area (Å²) < 4.78 is 77.0. The maximum Gasteiger partial charge on any atom is 0.418 e. The number of carbonyl (C=O) groups excluding carboxylic acids is 2. The number of amides is 4. The van der Waals surface area contributed by atoms with Crippen molar-refractivity contribution in [3.8, 4) is 11.5 Å². The molecule has 0 unspecified atom stereocenters. The number of aromatic hydroxyl groups is 2. The lowest BCUT2D eigenvalue weighted by Gasteiger charge is -2.14. The van der Waals surface area contributed by atoms with E-state index in [1.54, 1.807) is 0 Å². The number of phenolic OH excluding ortho intramolecular Hbond substituents is 2. The summed E-state index contributed by atoms with van der Waals surface area (Å²) in [5, 5.41) is 48.6. The number of nitro groups is 2. The third-order valence-electron chi connectivity index (χ3n) is 5.84. The van der Waals surface area contributed by atoms with E-state index in [0.717, 1.165) is 60.7 Å². The SMILES string of the molecule is O=C(Nc1ccc([N+](=O)[O-])cc1O)Nc1ccccc1C(F)(F)F.O=C(Nc1ccc([N+](=O)[O-])cc1O)Nc1ccccc1C(F)(F)F. The average Bonchev–Trinajstić information content (AvgIpc) is 2.99. The Balaban J connectivity index is 0.000000260. The van der Waals surface area contributed by atoms with Crippen molar-refractivity contribution in [1.82, 2.24) is 0 Å². The van der Waals surface area contributed by atoms with Crippen LogP contribution in [0.4, 0.5) is 70.1 Å². The van der Waals surface area contributed by atoms with Crippen LogP contribution in [0, 0.1) is 20.2 Å². The number of non-ortho nitro benzene ring substituents is 2. The van der Waals surface area contributed by atoms with Gasteiger partial charge in [-0.3, -0.25) is 20.2 Å². The molecule has 0 radical (unpaired) electrons. The van der Waals surface area contributed by atoms with Gasteiger partial charge in [0.1, 0.15) is 11.5 Å². The van der Waals surface area contributed by atoms with E-state index >= 15 is 0 Å². The van der Waals surface area contributed by atoms with Gasteiger partial charge >= 0.3 is 24.4 Å². The summed E-state index contributed by atoms with van der Waals surface area (Å²) in [7, 11) is 0. The average molecular weight is 682 g/mol. The van der Waals surface area contributed by atoms with Crippen molar-refractivity contribution in [1.29, 1.82) is 0 Å². The second kappa shape index (κ2) is 14.7. The third kappa shape index (κ3) is 9.70. The Bertz CT molecular complexity index is 1720. The van der Waals surface area contributed by atoms with Crippen molar-refractivity contribution in [3.05, 3.63) is 116 Å². The van der Waals surface area contributed by atoms with Gasteiger partial charge in [-0.15, -0.1) is 0 Å². The van der Waals surface area contributed by atoms with Crippen molar-refractivity contribution in [2.75, 3.05) is 21.3 Å². The van der Waals surface area contributed by atoms with E-state index in [-0.39, 0.29) is 11.4 Å². The maximum absolute atomic E-state index is 12.8. The molecule has 0 saturated carbocycles. The van der Waals surface area contributed by atoms with E-state index in [4.69, 9.17) is 0 Å². The topological polar surface area (TPSA) is 209 Å². The van der Waals surface area contributed by atoms with Crippen LogP contribution < -0.4 is 21.3 Å². The highest BCUT2D eigenvalue weighted by Gasteiger charge is 2.34. The first-order valence-corrected chi connectivity index (χ1v) is 12.8. The largest absolute Gasteiger partial charge is 0.506 e. The van der Waals surface area contributed by atoms with E-state index in [2.05, 4.69) is 10.6 Å². The molecule has 20 heteroatoms. The first kappa shape index (κ1) is 35.9. The van der Waals surface area contributed by atoms with Crippen molar-refractivity contribution in [2.24, 2.45) is 0 Å². The molecule has 6 N–H and O–H groups in total. The molecule has 0 aliphatic carbocycles. The Kier molecular flexibility index (Phi) is 11.0. The summed E-state index contributed by atoms with van der Waals surface area (Å²) >= 11 is 0. The van der Waals surface area contributed by atoms with Crippen LogP contribution >= 0.6 is 0 Å². The molecule has 14 nitrogen and oxygen atoms in total. The zero-order chi connectivity index (χ0) is 35.8. The van der Waals surface area contributed by atoms with Crippen LogP contribution in [-0.4, -0.2) is 32.1 Å². The van der Waals surface area contributed by atoms with Crippen LogP contribution in [0.5, 0.6) is 11.5 Å². The lowest BCUT2D eigenvalue weighted by atomic mass is 10.1. The number of nitrogens with zero attached hydrogens (tertiary/aromatic N) is 2. The molecular formula is C28H20F6N6O8. The summed E-state index contributed by atoms with van der Waals surface area (Å²) in [6, 6.07) is 12.4. The van der Waals surface area contributed by atoms with Gasteiger partial charge in [0, 0.05) is 12.1 Å². The highest BCUT2D eigenvalue weighted by molar-refractivity contribution is 6.02. The molecule has 252 valence electrons. The molecule has 4 aromatic rings. The smallest absolute Gasteiger partial charge is 0.418 e. The van der Waals surface area contributed by atoms with E-state index in [1.807, 2.05) is 10.6 Å². The monoisotopic (exact) mass is 682 g/mol. The zero-order valence-electron chi connectivity index (χ0n) is 23.6. The van der Waals surface area contributed by atoms with Gasteiger partial charge in [-0.2, -0.15) is 26.3 Å². The van der Waals surface area contributed by atoms with Crippen molar-refractivity contribution in [3.63, 3.8) is 0 Å². The van der Waals surface area contributed by atoms with Crippen molar-refractivity contribution >= 4 is 46.2 Å². The Morgan fingerprint density at radius 2 is 0.854 bits per heavy atom. The van der Waals surface area contributed by atoms with E-state index in [9.17, 15) is 66.4 Å². The quantitative estimate of drug-likeness (QED) is 0.0508. The Morgan fingerprint density at radius 1 is 0.542 bits per heavy atom. The molecule has 0 aliphatic heterocycles. The predicted molar refractivity (Wildman–Crippen MR) is 158 cm³/mol. The molecular weight excluding hydrogens is 662 g/mol. The summed E-state index contributed by atoms with van der Waals surface area (Å²) in [5.74, 6) is -1.19. The Hall–Kier alpha value is -6.60. The fourth-order valence-corrected chi connectivity index (χ4v) is 3.71. The second-order valence-corrected chi connectivity index (χ2v) is 9.16. The van der Waals surface area contributed by atoms with Gasteiger partial charge in [0.05, 0.1) is 55.9 Å². The van der Waals surface area contributed by atoms with Gasteiger partial charge in [-0.05, 0) is 36.4 Å². The number of carbonyl (C=O) groups is 2. The predicted octanol–water partition coefficient (Wildman–Crippen LogP) is 7.93. The highest BCUT2D eigenvalue weighted by Crippen LogP contribution is 2.36. The third-order valence-corrected chi connectivity index (χ3v) is 5.84. The Labute approximate surface area is 263 Å². The highest BCUT2D eigenvalue weighted by atomic mass is 19.4. The van der Waals surface area contributed by atoms with E-state index in [1.165, 1.54) is 24.3 Å². The lowest BCUT2D eigenvalue weighted by molar-refractivity contribution is -0.385. The van der Waals surface area contributed by atoms with Crippen LogP contribution in [0.1, 0.15) is 11.1 Å². The molecule has 0 atom stereocenters. The maximum atomic E-state index is 12.8. The standard InChI is InChI=1S/2C14H10F3N3O4/c2*15-14(16,17)9-3-1-2-4-10(9)18-13(22)19-11-6-5-8(20(23)24)7-12(11)21/h2*1-7,21H,(H2,18,19,22). The number of hydrogen-bond donors (Lipinski definition) is 6. The van der Waals surface area contributed by atoms with Crippen molar-refractivity contribution < 1.29 is 56.0 Å². The number of nitro benzene ring substituents is 2. The second-order valence-electron chi connectivity index (χ2n) is 9.16. The number of alkyl halides is 6. The number of hydrogen-bond acceptors (Lipinski definition) is 8. The van der Waals surface area contributed by atoms with Gasteiger partial charge < -0.3 is 31.5 Å². The number of anilines is 4. The molecule has 0 bridgehead atoms. The van der Waals surface area contributed by atoms with E-state index < -0.39 is 79.6 Å². The summed E-state index contributed by atoms with van der Waals surface area (Å²) in [6.07, 6.45) is -9.31. The summed E-state index contributed by atoms with van der Waals surface area (Å²) in [5.41, 5.74) is -4.19. The molecule has 0 fully saturated rings. The fraction of sp³-hybridized carbons (Fsp3) is 0.0714. The molecule has 0 aromatic heterocycles. The van der Waals surface area contributed by atoms with Crippen molar-refractivity contribution in [2.45, 2.75) is 12.4 Å². The number of phenols is 2. The summed E-state index contributed by atoms with van der Waals surface area (Å²) in [6.45, 7) is 0. The minimum absolute atomic E-state index is 0.192. The van der Waals surface area contributed by atoms with Gasteiger partial charge in [0.15, 0.2) is 0 Å². The van der Waals surface area contributed by atoms with Gasteiger partial charge in [-0.25, -0.2) is 9.59 Å². The van der Waals surface area contributed by atoms with Gasteiger partial charge in [0.2, 0.25) is 0 Å². The number of benzene rings is 4. The molecule has 4 amide bonds. The molecule has 0 saturated heterocycles. The Morgan fingerprint density at radius 3 is 1.15 bits per heavy atom. The lowest BCUT2D eigenvalue weighted by Crippen LogP contribution is -2.21. The number of rotatable bonds is 6. The van der Waals surface area contributed by atoms with Crippen LogP contribution in [0.25, 0.3) is 0 Å². The number of para-hydroxylation sites is 2. The minimum atomic E-state index is -4.65. The van der Waals surface area contributed by atoms with Crippen LogP contribution in [0.2, 0.25) is 0 Å². The van der Waals surface area contributed by atoms with Crippen LogP contribution in [-0.2, 0) is 12.4 Å². The number of nitrogens with one attached hydrogen (secondary N) is 4. The summed E-state index contributed by atoms with van der Waals surface area (Å²) in [4.78, 5) is 43.2. The molecule has 0 heterocycles. The normalized spacial score (nSPS) is 11.0. The van der Waals surface area contributed by atoms with E-state index in [0.29, 0.717) is 0 Å². The minimum Gasteiger partial charge on any atom is -0.506 e. The zero-order valence-corrected chi connectivity index (χ0v) is 23.6. The molecule has 0 spiro atoms. The first-order valence-electron chi connectivity index (χ1n) is 12.8. The number of urea groups is 2. The van der Waals surface area contributed by atoms with Crippen LogP contribution in [0.3, 0.4) is 0 Å². The molecule has 4 aromatic carbocycles. The first-order chi connectivity index (χ1) is 22.4. The van der Waals surface area contributed by atoms with Gasteiger partial charge in [0.25, 0.3) is 11.4 Å². The fourth-order valence-electron chi connectivity index (χ4n) is 3.71. The molecule has 48 heavy (non-hydrogen) atoms. The number of halogens is 6. The van der Waals surface area contributed by atoms with Gasteiger partial charge in [-0.1, -0.05) is 24.3 Å².